The molecule has 0 fully saturated rings. The first-order valence-corrected chi connectivity index (χ1v) is 8.01. The van der Waals surface area contributed by atoms with Crippen LogP contribution in [-0.2, 0) is 14.9 Å². The summed E-state index contributed by atoms with van der Waals surface area (Å²) in [6.45, 7) is 0. The summed E-state index contributed by atoms with van der Waals surface area (Å²) in [6.07, 6.45) is 0. The predicted molar refractivity (Wildman–Crippen MR) is 83.2 cm³/mol. The second kappa shape index (κ2) is 6.78. The van der Waals surface area contributed by atoms with E-state index >= 15 is 0 Å². The Kier molecular flexibility index (Phi) is 5.02. The highest BCUT2D eigenvalue weighted by Crippen LogP contribution is 2.21. The summed E-state index contributed by atoms with van der Waals surface area (Å²) in [6, 6.07) is 11.9. The number of hydroxylamine groups is 1. The van der Waals surface area contributed by atoms with Crippen LogP contribution in [0.5, 0.6) is 0 Å². The van der Waals surface area contributed by atoms with Crippen LogP contribution in [-0.4, -0.2) is 21.4 Å². The Balaban J connectivity index is 2.34. The van der Waals surface area contributed by atoms with Crippen LogP contribution in [0.3, 0.4) is 0 Å². The fourth-order valence-corrected chi connectivity index (χ4v) is 2.94. The number of benzene rings is 2. The summed E-state index contributed by atoms with van der Waals surface area (Å²) in [5.41, 5.74) is 2.43. The zero-order valence-electron chi connectivity index (χ0n) is 11.5. The Morgan fingerprint density at radius 2 is 1.73 bits per heavy atom. The summed E-state index contributed by atoms with van der Waals surface area (Å²) in [4.78, 5) is 16.4. The third-order valence-electron chi connectivity index (χ3n) is 2.73. The number of carbonyl (C=O) groups is 1. The van der Waals surface area contributed by atoms with Gasteiger partial charge in [-0.05, 0) is 36.4 Å². The Morgan fingerprint density at radius 1 is 1.09 bits per heavy atom. The second-order valence-corrected chi connectivity index (χ2v) is 6.36. The minimum Gasteiger partial charge on any atom is -0.279 e. The molecule has 0 aromatic heterocycles. The maximum Gasteiger partial charge on any atom is 0.276 e. The van der Waals surface area contributed by atoms with Gasteiger partial charge in [0.2, 0.25) is 0 Å². The van der Waals surface area contributed by atoms with Crippen molar-refractivity contribution in [3.05, 3.63) is 59.1 Å². The molecule has 0 bridgehead atoms. The molecule has 0 aliphatic heterocycles. The van der Waals surface area contributed by atoms with Crippen LogP contribution in [0, 0.1) is 0 Å². The third-order valence-corrected chi connectivity index (χ3v) is 4.37. The average Bonchev–Trinajstić information content (AvgIpc) is 2.48. The molecular formula is C14H13ClN2O4S. The number of carbonyl (C=O) groups excluding carboxylic acids is 1. The number of sulfonamides is 1. The lowest BCUT2D eigenvalue weighted by atomic mass is 10.2. The maximum atomic E-state index is 12.3. The van der Waals surface area contributed by atoms with Crippen LogP contribution in [0.2, 0.25) is 5.02 Å². The number of anilines is 1. The molecule has 0 aliphatic carbocycles. The lowest BCUT2D eigenvalue weighted by molar-refractivity contribution is 0.0538. The van der Waals surface area contributed by atoms with Crippen LogP contribution in [0.15, 0.2) is 53.4 Å². The number of nitrogens with one attached hydrogen (secondary N) is 2. The Hall–Kier alpha value is -2.09. The highest BCUT2D eigenvalue weighted by molar-refractivity contribution is 7.92. The fourth-order valence-electron chi connectivity index (χ4n) is 1.74. The van der Waals surface area contributed by atoms with Crippen molar-refractivity contribution in [2.45, 2.75) is 4.90 Å². The standard InChI is InChI=1S/C14H13ClN2O4S/c1-21-16-14(18)12-4-2-3-5-13(12)17-22(19,20)11-8-6-10(15)7-9-11/h2-9,17H,1H3,(H,16,18). The Bertz CT molecular complexity index is 776. The molecule has 116 valence electrons. The van der Waals surface area contributed by atoms with Gasteiger partial charge in [0.15, 0.2) is 0 Å². The van der Waals surface area contributed by atoms with Gasteiger partial charge in [0.05, 0.1) is 23.3 Å². The molecule has 0 atom stereocenters. The molecule has 2 aromatic rings. The molecule has 22 heavy (non-hydrogen) atoms. The molecule has 0 aliphatic rings. The van der Waals surface area contributed by atoms with Crippen molar-refractivity contribution < 1.29 is 18.0 Å². The molecule has 0 saturated carbocycles. The van der Waals surface area contributed by atoms with E-state index in [-0.39, 0.29) is 16.1 Å². The lowest BCUT2D eigenvalue weighted by Crippen LogP contribution is -2.24. The van der Waals surface area contributed by atoms with E-state index in [2.05, 4.69) is 15.0 Å². The molecule has 2 rings (SSSR count). The quantitative estimate of drug-likeness (QED) is 0.819. The van der Waals surface area contributed by atoms with Gasteiger partial charge in [-0.3, -0.25) is 14.4 Å². The largest absolute Gasteiger partial charge is 0.279 e. The number of hydrogen-bond acceptors (Lipinski definition) is 4. The van der Waals surface area contributed by atoms with Gasteiger partial charge in [0.1, 0.15) is 0 Å². The molecule has 8 heteroatoms. The zero-order valence-corrected chi connectivity index (χ0v) is 13.1. The molecule has 1 amide bonds. The highest BCUT2D eigenvalue weighted by atomic mass is 35.5. The van der Waals surface area contributed by atoms with Crippen molar-refractivity contribution >= 4 is 33.2 Å². The van der Waals surface area contributed by atoms with Gasteiger partial charge in [-0.2, -0.15) is 0 Å². The van der Waals surface area contributed by atoms with E-state index in [1.165, 1.54) is 43.5 Å². The summed E-state index contributed by atoms with van der Waals surface area (Å²) in [5.74, 6) is -0.558. The number of halogens is 1. The predicted octanol–water partition coefficient (Wildman–Crippen LogP) is 2.43. The van der Waals surface area contributed by atoms with Gasteiger partial charge in [0.25, 0.3) is 15.9 Å². The molecule has 0 unspecified atom stereocenters. The average molecular weight is 341 g/mol. The molecular weight excluding hydrogens is 328 g/mol. The fraction of sp³-hybridized carbons (Fsp3) is 0.0714. The van der Waals surface area contributed by atoms with Gasteiger partial charge in [0, 0.05) is 5.02 Å². The van der Waals surface area contributed by atoms with Crippen molar-refractivity contribution in [1.82, 2.24) is 5.48 Å². The smallest absolute Gasteiger partial charge is 0.276 e. The van der Waals surface area contributed by atoms with Crippen LogP contribution < -0.4 is 10.2 Å². The first-order valence-electron chi connectivity index (χ1n) is 6.15. The first-order chi connectivity index (χ1) is 10.4. The van der Waals surface area contributed by atoms with Gasteiger partial charge >= 0.3 is 0 Å². The van der Waals surface area contributed by atoms with E-state index < -0.39 is 15.9 Å². The van der Waals surface area contributed by atoms with Gasteiger partial charge in [-0.25, -0.2) is 13.9 Å². The summed E-state index contributed by atoms with van der Waals surface area (Å²) in [5, 5.41) is 0.429. The van der Waals surface area contributed by atoms with Crippen LogP contribution >= 0.6 is 11.6 Å². The Morgan fingerprint density at radius 3 is 2.36 bits per heavy atom. The molecule has 2 aromatic carbocycles. The maximum absolute atomic E-state index is 12.3. The van der Waals surface area contributed by atoms with E-state index in [1.54, 1.807) is 12.1 Å². The highest BCUT2D eigenvalue weighted by Gasteiger charge is 2.18. The minimum absolute atomic E-state index is 0.0406. The molecule has 0 radical (unpaired) electrons. The monoisotopic (exact) mass is 340 g/mol. The molecule has 0 saturated heterocycles. The van der Waals surface area contributed by atoms with E-state index in [4.69, 9.17) is 11.6 Å². The van der Waals surface area contributed by atoms with E-state index in [0.717, 1.165) is 0 Å². The summed E-state index contributed by atoms with van der Waals surface area (Å²) >= 11 is 5.74. The van der Waals surface area contributed by atoms with Crippen molar-refractivity contribution in [2.75, 3.05) is 11.8 Å². The number of rotatable bonds is 5. The van der Waals surface area contributed by atoms with Crippen molar-refractivity contribution in [2.24, 2.45) is 0 Å². The van der Waals surface area contributed by atoms with Crippen LogP contribution in [0.25, 0.3) is 0 Å². The minimum atomic E-state index is -3.83. The number of amides is 1. The Labute approximate surface area is 133 Å². The normalized spacial score (nSPS) is 11.0. The molecule has 0 spiro atoms. The molecule has 0 heterocycles. The van der Waals surface area contributed by atoms with E-state index in [0.29, 0.717) is 5.02 Å². The van der Waals surface area contributed by atoms with Crippen LogP contribution in [0.4, 0.5) is 5.69 Å². The first kappa shape index (κ1) is 16.3. The second-order valence-electron chi connectivity index (χ2n) is 4.24. The van der Waals surface area contributed by atoms with Gasteiger partial charge in [-0.1, -0.05) is 23.7 Å². The van der Waals surface area contributed by atoms with Crippen molar-refractivity contribution in [1.29, 1.82) is 0 Å². The molecule has 2 N–H and O–H groups in total. The summed E-state index contributed by atoms with van der Waals surface area (Å²) < 4.78 is 27.0. The summed E-state index contributed by atoms with van der Waals surface area (Å²) in [7, 11) is -2.54. The SMILES string of the molecule is CONC(=O)c1ccccc1NS(=O)(=O)c1ccc(Cl)cc1. The number of hydrogen-bond donors (Lipinski definition) is 2. The van der Waals surface area contributed by atoms with Gasteiger partial charge in [-0.15, -0.1) is 0 Å². The van der Waals surface area contributed by atoms with Gasteiger partial charge < -0.3 is 0 Å². The van der Waals surface area contributed by atoms with Crippen molar-refractivity contribution in [3.63, 3.8) is 0 Å². The van der Waals surface area contributed by atoms with E-state index in [9.17, 15) is 13.2 Å². The lowest BCUT2D eigenvalue weighted by Gasteiger charge is -2.12. The van der Waals surface area contributed by atoms with Crippen LogP contribution in [0.1, 0.15) is 10.4 Å². The zero-order chi connectivity index (χ0) is 16.2. The number of para-hydroxylation sites is 1. The topological polar surface area (TPSA) is 84.5 Å². The third kappa shape index (κ3) is 3.76. The van der Waals surface area contributed by atoms with Crippen molar-refractivity contribution in [3.8, 4) is 0 Å². The molecule has 6 nitrogen and oxygen atoms in total. The van der Waals surface area contributed by atoms with E-state index in [1.807, 2.05) is 0 Å².